The second-order valence-electron chi connectivity index (χ2n) is 7.07. The van der Waals surface area contributed by atoms with Gasteiger partial charge < -0.3 is 4.74 Å². The van der Waals surface area contributed by atoms with E-state index < -0.39 is 0 Å². The van der Waals surface area contributed by atoms with Crippen LogP contribution in [0.3, 0.4) is 0 Å². The van der Waals surface area contributed by atoms with Gasteiger partial charge in [-0.25, -0.2) is 0 Å². The largest absolute Gasteiger partial charge is 0.385 e. The van der Waals surface area contributed by atoms with Gasteiger partial charge in [-0.1, -0.05) is 73.1 Å². The lowest BCUT2D eigenvalue weighted by Crippen LogP contribution is -2.34. The van der Waals surface area contributed by atoms with E-state index in [-0.39, 0.29) is 0 Å². The number of unbranched alkanes of at least 4 members (excludes halogenated alkanes) is 5. The standard InChI is InChI=1S/C17H36O/c1-7-8-9-10-11-12-13-17(5,14-15-18-6)16(2,3)4/h7-15H2,1-6H3. The summed E-state index contributed by atoms with van der Waals surface area (Å²) >= 11 is 0. The second-order valence-corrected chi connectivity index (χ2v) is 7.07. The molecule has 18 heavy (non-hydrogen) atoms. The molecule has 0 aliphatic rings. The van der Waals surface area contributed by atoms with Gasteiger partial charge in [0.05, 0.1) is 0 Å². The smallest absolute Gasteiger partial charge is 0.0467 e. The van der Waals surface area contributed by atoms with Gasteiger partial charge in [-0.2, -0.15) is 0 Å². The highest BCUT2D eigenvalue weighted by atomic mass is 16.5. The lowest BCUT2D eigenvalue weighted by Gasteiger charge is -2.42. The number of hydrogen-bond acceptors (Lipinski definition) is 1. The van der Waals surface area contributed by atoms with Crippen LogP contribution in [0, 0.1) is 10.8 Å². The zero-order chi connectivity index (χ0) is 14.1. The van der Waals surface area contributed by atoms with Crippen LogP contribution in [0.5, 0.6) is 0 Å². The van der Waals surface area contributed by atoms with Crippen LogP contribution >= 0.6 is 0 Å². The summed E-state index contributed by atoms with van der Waals surface area (Å²) in [5.74, 6) is 0. The van der Waals surface area contributed by atoms with Gasteiger partial charge in [-0.3, -0.25) is 0 Å². The van der Waals surface area contributed by atoms with Crippen LogP contribution in [0.15, 0.2) is 0 Å². The molecule has 0 aliphatic carbocycles. The van der Waals surface area contributed by atoms with Gasteiger partial charge >= 0.3 is 0 Å². The lowest BCUT2D eigenvalue weighted by molar-refractivity contribution is 0.0460. The molecule has 0 aromatic rings. The van der Waals surface area contributed by atoms with E-state index in [2.05, 4.69) is 34.6 Å². The monoisotopic (exact) mass is 256 g/mol. The molecule has 0 spiro atoms. The number of rotatable bonds is 10. The van der Waals surface area contributed by atoms with Gasteiger partial charge in [0.2, 0.25) is 0 Å². The van der Waals surface area contributed by atoms with Gasteiger partial charge in [0, 0.05) is 13.7 Å². The first-order valence-electron chi connectivity index (χ1n) is 7.86. The molecule has 0 saturated carbocycles. The molecule has 0 rings (SSSR count). The van der Waals surface area contributed by atoms with Crippen molar-refractivity contribution in [2.45, 2.75) is 86.0 Å². The molecule has 0 fully saturated rings. The average Bonchev–Trinajstić information content (AvgIpc) is 2.29. The molecule has 0 radical (unpaired) electrons. The van der Waals surface area contributed by atoms with Gasteiger partial charge in [0.1, 0.15) is 0 Å². The van der Waals surface area contributed by atoms with Crippen molar-refractivity contribution < 1.29 is 4.74 Å². The van der Waals surface area contributed by atoms with Crippen LogP contribution in [-0.2, 0) is 4.74 Å². The predicted octanol–water partition coefficient (Wildman–Crippen LogP) is 5.83. The van der Waals surface area contributed by atoms with Crippen LogP contribution in [0.4, 0.5) is 0 Å². The van der Waals surface area contributed by atoms with Gasteiger partial charge in [-0.05, 0) is 23.7 Å². The fraction of sp³-hybridized carbons (Fsp3) is 1.00. The molecule has 110 valence electrons. The first-order valence-corrected chi connectivity index (χ1v) is 7.86. The van der Waals surface area contributed by atoms with Crippen molar-refractivity contribution in [1.82, 2.24) is 0 Å². The van der Waals surface area contributed by atoms with E-state index in [4.69, 9.17) is 4.74 Å². The summed E-state index contributed by atoms with van der Waals surface area (Å²) in [5.41, 5.74) is 0.780. The summed E-state index contributed by atoms with van der Waals surface area (Å²) in [6.45, 7) is 12.7. The van der Waals surface area contributed by atoms with Gasteiger partial charge in [-0.15, -0.1) is 0 Å². The third-order valence-electron chi connectivity index (χ3n) is 4.75. The first-order chi connectivity index (χ1) is 8.37. The SMILES string of the molecule is CCCCCCCCC(C)(CCOC)C(C)(C)C. The Balaban J connectivity index is 4.02. The van der Waals surface area contributed by atoms with E-state index in [0.717, 1.165) is 6.61 Å². The van der Waals surface area contributed by atoms with Crippen molar-refractivity contribution in [2.24, 2.45) is 10.8 Å². The van der Waals surface area contributed by atoms with E-state index in [0.29, 0.717) is 10.8 Å². The molecule has 1 unspecified atom stereocenters. The molecule has 0 heterocycles. The lowest BCUT2D eigenvalue weighted by atomic mass is 9.63. The topological polar surface area (TPSA) is 9.23 Å². The Kier molecular flexibility index (Phi) is 8.94. The summed E-state index contributed by atoms with van der Waals surface area (Å²) in [4.78, 5) is 0. The quantitative estimate of drug-likeness (QED) is 0.447. The highest BCUT2D eigenvalue weighted by Gasteiger charge is 2.36. The molecule has 0 saturated heterocycles. The molecule has 0 aromatic heterocycles. The minimum Gasteiger partial charge on any atom is -0.385 e. The second kappa shape index (κ2) is 8.96. The van der Waals surface area contributed by atoms with E-state index >= 15 is 0 Å². The molecule has 0 aromatic carbocycles. The predicted molar refractivity (Wildman–Crippen MR) is 82.0 cm³/mol. The van der Waals surface area contributed by atoms with Gasteiger partial charge in [0.15, 0.2) is 0 Å². The van der Waals surface area contributed by atoms with Crippen molar-refractivity contribution >= 4 is 0 Å². The fourth-order valence-corrected chi connectivity index (χ4v) is 2.50. The third kappa shape index (κ3) is 6.78. The van der Waals surface area contributed by atoms with Gasteiger partial charge in [0.25, 0.3) is 0 Å². The third-order valence-corrected chi connectivity index (χ3v) is 4.75. The number of methoxy groups -OCH3 is 1. The number of ether oxygens (including phenoxy) is 1. The van der Waals surface area contributed by atoms with E-state index in [1.54, 1.807) is 0 Å². The molecule has 0 aliphatic heterocycles. The maximum Gasteiger partial charge on any atom is 0.0467 e. The Morgan fingerprint density at radius 3 is 1.83 bits per heavy atom. The molecule has 1 heteroatoms. The summed E-state index contributed by atoms with van der Waals surface area (Å²) in [7, 11) is 1.81. The Morgan fingerprint density at radius 2 is 1.33 bits per heavy atom. The summed E-state index contributed by atoms with van der Waals surface area (Å²) in [5, 5.41) is 0. The van der Waals surface area contributed by atoms with Crippen LogP contribution in [0.1, 0.15) is 86.0 Å². The molecular formula is C17H36O. The zero-order valence-electron chi connectivity index (χ0n) is 13.8. The zero-order valence-corrected chi connectivity index (χ0v) is 13.8. The van der Waals surface area contributed by atoms with Crippen molar-refractivity contribution in [3.8, 4) is 0 Å². The number of hydrogen-bond donors (Lipinski definition) is 0. The van der Waals surface area contributed by atoms with Crippen LogP contribution in [-0.4, -0.2) is 13.7 Å². The van der Waals surface area contributed by atoms with E-state index in [9.17, 15) is 0 Å². The molecule has 1 atom stereocenters. The van der Waals surface area contributed by atoms with Crippen molar-refractivity contribution in [1.29, 1.82) is 0 Å². The highest BCUT2D eigenvalue weighted by Crippen LogP contribution is 2.45. The van der Waals surface area contributed by atoms with Crippen LogP contribution in [0.2, 0.25) is 0 Å². The van der Waals surface area contributed by atoms with Crippen LogP contribution < -0.4 is 0 Å². The Morgan fingerprint density at radius 1 is 0.778 bits per heavy atom. The molecule has 0 bridgehead atoms. The summed E-state index contributed by atoms with van der Waals surface area (Å²) in [6, 6.07) is 0. The first kappa shape index (κ1) is 18.0. The highest BCUT2D eigenvalue weighted by molar-refractivity contribution is 4.86. The van der Waals surface area contributed by atoms with E-state index in [1.165, 1.54) is 51.4 Å². The summed E-state index contributed by atoms with van der Waals surface area (Å²) in [6.07, 6.45) is 10.9. The maximum atomic E-state index is 5.29. The Bertz CT molecular complexity index is 192. The minimum atomic E-state index is 0.370. The normalized spacial score (nSPS) is 15.7. The Hall–Kier alpha value is -0.0400. The molecule has 0 amide bonds. The van der Waals surface area contributed by atoms with Crippen molar-refractivity contribution in [2.75, 3.05) is 13.7 Å². The minimum absolute atomic E-state index is 0.370. The molecule has 0 N–H and O–H groups in total. The average molecular weight is 256 g/mol. The van der Waals surface area contributed by atoms with Crippen molar-refractivity contribution in [3.63, 3.8) is 0 Å². The maximum absolute atomic E-state index is 5.29. The Labute approximate surface area is 116 Å². The molecule has 1 nitrogen and oxygen atoms in total. The van der Waals surface area contributed by atoms with Crippen LogP contribution in [0.25, 0.3) is 0 Å². The van der Waals surface area contributed by atoms with E-state index in [1.807, 2.05) is 7.11 Å². The fourth-order valence-electron chi connectivity index (χ4n) is 2.50. The summed E-state index contributed by atoms with van der Waals surface area (Å²) < 4.78 is 5.29. The van der Waals surface area contributed by atoms with Crippen molar-refractivity contribution in [3.05, 3.63) is 0 Å². The molecular weight excluding hydrogens is 220 g/mol.